The maximum atomic E-state index is 12.8. The fourth-order valence-electron chi connectivity index (χ4n) is 3.51. The van der Waals surface area contributed by atoms with Gasteiger partial charge in [0, 0.05) is 23.5 Å². The fraction of sp³-hybridized carbons (Fsp3) is 0.238. The second kappa shape index (κ2) is 6.92. The highest BCUT2D eigenvalue weighted by Crippen LogP contribution is 2.34. The first-order valence-electron chi connectivity index (χ1n) is 9.29. The topological polar surface area (TPSA) is 91.1 Å². The number of fused-ring (bicyclic) bond motifs is 1. The molecule has 1 aromatic carbocycles. The van der Waals surface area contributed by atoms with Gasteiger partial charge in [0.15, 0.2) is 5.65 Å². The maximum absolute atomic E-state index is 12.8. The molecule has 0 aliphatic heterocycles. The molecular formula is C21H22N6O. The summed E-state index contributed by atoms with van der Waals surface area (Å²) in [5.74, 6) is 0.132. The van der Waals surface area contributed by atoms with Crippen molar-refractivity contribution in [2.45, 2.75) is 33.7 Å². The van der Waals surface area contributed by atoms with Crippen LogP contribution in [0.3, 0.4) is 0 Å². The van der Waals surface area contributed by atoms with E-state index in [4.69, 9.17) is 5.73 Å². The number of benzene rings is 1. The molecule has 7 nitrogen and oxygen atoms in total. The second-order valence-corrected chi connectivity index (χ2v) is 6.86. The van der Waals surface area contributed by atoms with Gasteiger partial charge in [-0.15, -0.1) is 5.10 Å². The number of pyridine rings is 1. The second-order valence-electron chi connectivity index (χ2n) is 6.86. The minimum atomic E-state index is -0.273. The molecule has 28 heavy (non-hydrogen) atoms. The Kier molecular flexibility index (Phi) is 4.43. The smallest absolute Gasteiger partial charge is 0.353 e. The Labute approximate surface area is 162 Å². The molecule has 7 heteroatoms. The van der Waals surface area contributed by atoms with E-state index in [1.54, 1.807) is 0 Å². The Bertz CT molecular complexity index is 1200. The lowest BCUT2D eigenvalue weighted by atomic mass is 9.99. The molecule has 3 aromatic heterocycles. The van der Waals surface area contributed by atoms with Gasteiger partial charge in [-0.25, -0.2) is 18.9 Å². The molecule has 4 aromatic rings. The molecule has 0 aliphatic rings. The Morgan fingerprint density at radius 2 is 1.68 bits per heavy atom. The van der Waals surface area contributed by atoms with Gasteiger partial charge >= 0.3 is 5.69 Å². The Hall–Kier alpha value is -3.48. The summed E-state index contributed by atoms with van der Waals surface area (Å²) in [6.45, 7) is 6.42. The van der Waals surface area contributed by atoms with Gasteiger partial charge in [-0.2, -0.15) is 0 Å². The van der Waals surface area contributed by atoms with E-state index in [0.717, 1.165) is 34.5 Å². The van der Waals surface area contributed by atoms with Crippen molar-refractivity contribution in [3.8, 4) is 22.4 Å². The van der Waals surface area contributed by atoms with E-state index < -0.39 is 0 Å². The van der Waals surface area contributed by atoms with Crippen LogP contribution in [-0.2, 0) is 6.54 Å². The standard InChI is InChI=1S/C21H22N6O/c1-4-10-26-21(28)27-19(25-26)17(16-11-13(2)23-14(3)12-16)18(24-20(27)22)15-8-6-5-7-9-15/h5-9,11-12H,4,10H2,1-3H3,(H2,22,24). The van der Waals surface area contributed by atoms with Gasteiger partial charge in [-0.05, 0) is 38.0 Å². The van der Waals surface area contributed by atoms with Crippen LogP contribution in [0.4, 0.5) is 5.95 Å². The Morgan fingerprint density at radius 1 is 1.00 bits per heavy atom. The summed E-state index contributed by atoms with van der Waals surface area (Å²) in [6, 6.07) is 13.8. The summed E-state index contributed by atoms with van der Waals surface area (Å²) in [7, 11) is 0. The highest BCUT2D eigenvalue weighted by Gasteiger charge is 2.21. The van der Waals surface area contributed by atoms with Crippen LogP contribution in [-0.4, -0.2) is 24.1 Å². The van der Waals surface area contributed by atoms with Crippen molar-refractivity contribution in [1.29, 1.82) is 0 Å². The van der Waals surface area contributed by atoms with Crippen LogP contribution in [0.1, 0.15) is 24.7 Å². The Morgan fingerprint density at radius 3 is 2.32 bits per heavy atom. The lowest BCUT2D eigenvalue weighted by Crippen LogP contribution is -2.23. The van der Waals surface area contributed by atoms with Crippen LogP contribution in [0.5, 0.6) is 0 Å². The zero-order valence-corrected chi connectivity index (χ0v) is 16.2. The van der Waals surface area contributed by atoms with Crippen LogP contribution in [0.25, 0.3) is 28.0 Å². The van der Waals surface area contributed by atoms with Crippen molar-refractivity contribution in [3.05, 3.63) is 64.3 Å². The number of anilines is 1. The number of hydrogen-bond donors (Lipinski definition) is 1. The number of nitrogens with two attached hydrogens (primary N) is 1. The van der Waals surface area contributed by atoms with Crippen molar-refractivity contribution >= 4 is 11.6 Å². The quantitative estimate of drug-likeness (QED) is 0.592. The number of nitrogens with zero attached hydrogens (tertiary/aromatic N) is 5. The molecule has 0 saturated heterocycles. The first-order valence-corrected chi connectivity index (χ1v) is 9.29. The summed E-state index contributed by atoms with van der Waals surface area (Å²) in [5, 5.41) is 4.61. The van der Waals surface area contributed by atoms with E-state index in [1.807, 2.05) is 63.2 Å². The largest absolute Gasteiger partial charge is 0.369 e. The third kappa shape index (κ3) is 2.94. The van der Waals surface area contributed by atoms with Crippen molar-refractivity contribution in [2.24, 2.45) is 0 Å². The van der Waals surface area contributed by atoms with E-state index in [-0.39, 0.29) is 11.6 Å². The molecular weight excluding hydrogens is 352 g/mol. The minimum Gasteiger partial charge on any atom is -0.369 e. The number of hydrogen-bond acceptors (Lipinski definition) is 5. The zero-order valence-electron chi connectivity index (χ0n) is 16.2. The van der Waals surface area contributed by atoms with Gasteiger partial charge in [0.05, 0.1) is 11.3 Å². The van der Waals surface area contributed by atoms with E-state index in [0.29, 0.717) is 17.9 Å². The molecule has 0 bridgehead atoms. The summed E-state index contributed by atoms with van der Waals surface area (Å²) in [5.41, 5.74) is 11.5. The molecule has 0 unspecified atom stereocenters. The molecule has 0 atom stereocenters. The molecule has 0 fully saturated rings. The molecule has 3 heterocycles. The van der Waals surface area contributed by atoms with Crippen LogP contribution in [0.2, 0.25) is 0 Å². The van der Waals surface area contributed by atoms with Crippen LogP contribution in [0.15, 0.2) is 47.3 Å². The zero-order chi connectivity index (χ0) is 19.8. The van der Waals surface area contributed by atoms with Crippen molar-refractivity contribution in [1.82, 2.24) is 24.1 Å². The summed E-state index contributed by atoms with van der Waals surface area (Å²) < 4.78 is 2.84. The Balaban J connectivity index is 2.15. The third-order valence-electron chi connectivity index (χ3n) is 4.61. The molecule has 0 saturated carbocycles. The summed E-state index contributed by atoms with van der Waals surface area (Å²) in [6.07, 6.45) is 0.797. The molecule has 2 N–H and O–H groups in total. The number of nitrogen functional groups attached to an aromatic ring is 1. The van der Waals surface area contributed by atoms with Gasteiger partial charge in [0.25, 0.3) is 0 Å². The predicted molar refractivity (Wildman–Crippen MR) is 110 cm³/mol. The first kappa shape index (κ1) is 17.9. The van der Waals surface area contributed by atoms with Crippen LogP contribution < -0.4 is 11.4 Å². The van der Waals surface area contributed by atoms with Gasteiger partial charge in [-0.3, -0.25) is 4.98 Å². The summed E-state index contributed by atoms with van der Waals surface area (Å²) in [4.78, 5) is 21.9. The lowest BCUT2D eigenvalue weighted by molar-refractivity contribution is 0.582. The van der Waals surface area contributed by atoms with E-state index in [9.17, 15) is 4.79 Å². The number of aromatic nitrogens is 5. The third-order valence-corrected chi connectivity index (χ3v) is 4.61. The minimum absolute atomic E-state index is 0.132. The molecule has 4 rings (SSSR count). The summed E-state index contributed by atoms with van der Waals surface area (Å²) >= 11 is 0. The van der Waals surface area contributed by atoms with Gasteiger partial charge in [0.1, 0.15) is 0 Å². The van der Waals surface area contributed by atoms with E-state index >= 15 is 0 Å². The van der Waals surface area contributed by atoms with E-state index in [2.05, 4.69) is 15.1 Å². The number of rotatable bonds is 4. The average Bonchev–Trinajstić information content (AvgIpc) is 2.98. The lowest BCUT2D eigenvalue weighted by Gasteiger charge is -2.13. The van der Waals surface area contributed by atoms with Crippen molar-refractivity contribution in [2.75, 3.05) is 5.73 Å². The van der Waals surface area contributed by atoms with Crippen molar-refractivity contribution in [3.63, 3.8) is 0 Å². The van der Waals surface area contributed by atoms with E-state index in [1.165, 1.54) is 9.08 Å². The first-order chi connectivity index (χ1) is 13.5. The monoisotopic (exact) mass is 374 g/mol. The predicted octanol–water partition coefficient (Wildman–Crippen LogP) is 3.23. The molecule has 0 radical (unpaired) electrons. The molecule has 0 aliphatic carbocycles. The van der Waals surface area contributed by atoms with Gasteiger partial charge in [-0.1, -0.05) is 37.3 Å². The molecule has 0 spiro atoms. The molecule has 0 amide bonds. The average molecular weight is 374 g/mol. The number of aryl methyl sites for hydroxylation is 3. The van der Waals surface area contributed by atoms with Crippen LogP contribution in [0, 0.1) is 13.8 Å². The SMILES string of the molecule is CCCn1nc2c(-c3cc(C)nc(C)c3)c(-c3ccccc3)nc(N)n2c1=O. The molecule has 142 valence electrons. The van der Waals surface area contributed by atoms with Gasteiger partial charge in [0.2, 0.25) is 5.95 Å². The van der Waals surface area contributed by atoms with Crippen LogP contribution >= 0.6 is 0 Å². The highest BCUT2D eigenvalue weighted by molar-refractivity contribution is 5.90. The van der Waals surface area contributed by atoms with Crippen molar-refractivity contribution < 1.29 is 0 Å². The fourth-order valence-corrected chi connectivity index (χ4v) is 3.51. The maximum Gasteiger partial charge on any atom is 0.353 e. The highest BCUT2D eigenvalue weighted by atomic mass is 16.2. The normalized spacial score (nSPS) is 11.2. The van der Waals surface area contributed by atoms with Gasteiger partial charge < -0.3 is 5.73 Å².